The lowest BCUT2D eigenvalue weighted by atomic mass is 10.0. The fraction of sp³-hybridized carbons (Fsp3) is 0.579. The highest BCUT2D eigenvalue weighted by Crippen LogP contribution is 2.29. The largest absolute Gasteiger partial charge is 0.493 e. The van der Waals surface area contributed by atoms with Crippen molar-refractivity contribution in [3.8, 4) is 11.5 Å². The van der Waals surface area contributed by atoms with E-state index < -0.39 is 0 Å². The molecular weight excluding hydrogens is 459 g/mol. The SMILES string of the molecule is CN=C(NCCNC(=O)CC1CCCC1)Nc1ccc(OC)c(OC)c1.I. The molecule has 0 heterocycles. The lowest BCUT2D eigenvalue weighted by molar-refractivity contribution is -0.121. The van der Waals surface area contributed by atoms with Gasteiger partial charge in [0.25, 0.3) is 0 Å². The third-order valence-electron chi connectivity index (χ3n) is 4.56. The summed E-state index contributed by atoms with van der Waals surface area (Å²) >= 11 is 0. The molecule has 1 amide bonds. The molecule has 27 heavy (non-hydrogen) atoms. The average molecular weight is 490 g/mol. The molecule has 0 saturated heterocycles. The van der Waals surface area contributed by atoms with Crippen molar-refractivity contribution < 1.29 is 14.3 Å². The third-order valence-corrected chi connectivity index (χ3v) is 4.56. The minimum Gasteiger partial charge on any atom is -0.493 e. The predicted molar refractivity (Wildman–Crippen MR) is 120 cm³/mol. The van der Waals surface area contributed by atoms with Crippen molar-refractivity contribution in [1.82, 2.24) is 10.6 Å². The van der Waals surface area contributed by atoms with Crippen LogP contribution in [0.15, 0.2) is 23.2 Å². The summed E-state index contributed by atoms with van der Waals surface area (Å²) in [7, 11) is 4.91. The molecule has 0 atom stereocenters. The zero-order valence-corrected chi connectivity index (χ0v) is 18.7. The monoisotopic (exact) mass is 490 g/mol. The van der Waals surface area contributed by atoms with E-state index in [2.05, 4.69) is 20.9 Å². The van der Waals surface area contributed by atoms with Crippen molar-refractivity contribution >= 4 is 41.5 Å². The Hall–Kier alpha value is -1.71. The van der Waals surface area contributed by atoms with Crippen LogP contribution in [0.2, 0.25) is 0 Å². The minimum atomic E-state index is 0. The number of anilines is 1. The van der Waals surface area contributed by atoms with Crippen LogP contribution in [0.25, 0.3) is 0 Å². The van der Waals surface area contributed by atoms with Crippen LogP contribution in [0.1, 0.15) is 32.1 Å². The van der Waals surface area contributed by atoms with Crippen LogP contribution in [0, 0.1) is 5.92 Å². The van der Waals surface area contributed by atoms with Crippen LogP contribution in [0.3, 0.4) is 0 Å². The van der Waals surface area contributed by atoms with Crippen molar-refractivity contribution in [2.45, 2.75) is 32.1 Å². The summed E-state index contributed by atoms with van der Waals surface area (Å²) in [5, 5.41) is 9.34. The first kappa shape index (κ1) is 23.3. The Morgan fingerprint density at radius 1 is 1.11 bits per heavy atom. The first-order valence-electron chi connectivity index (χ1n) is 9.12. The minimum absolute atomic E-state index is 0. The maximum atomic E-state index is 11.9. The molecule has 1 fully saturated rings. The van der Waals surface area contributed by atoms with Gasteiger partial charge in [0, 0.05) is 38.3 Å². The number of halogens is 1. The molecular formula is C19H31IN4O3. The van der Waals surface area contributed by atoms with Crippen molar-refractivity contribution in [2.24, 2.45) is 10.9 Å². The highest BCUT2D eigenvalue weighted by Gasteiger charge is 2.17. The number of nitrogens with zero attached hydrogens (tertiary/aromatic N) is 1. The van der Waals surface area contributed by atoms with Gasteiger partial charge in [-0.1, -0.05) is 12.8 Å². The van der Waals surface area contributed by atoms with E-state index in [1.165, 1.54) is 25.7 Å². The fourth-order valence-corrected chi connectivity index (χ4v) is 3.16. The fourth-order valence-electron chi connectivity index (χ4n) is 3.16. The van der Waals surface area contributed by atoms with E-state index in [1.54, 1.807) is 21.3 Å². The Labute approximate surface area is 178 Å². The Kier molecular flexibility index (Phi) is 10.9. The molecule has 1 aliphatic rings. The van der Waals surface area contributed by atoms with E-state index in [0.717, 1.165) is 5.69 Å². The molecule has 8 heteroatoms. The van der Waals surface area contributed by atoms with E-state index in [1.807, 2.05) is 18.2 Å². The van der Waals surface area contributed by atoms with E-state index in [-0.39, 0.29) is 29.9 Å². The Balaban J connectivity index is 0.00000364. The molecule has 1 aromatic carbocycles. The second-order valence-electron chi connectivity index (χ2n) is 6.40. The predicted octanol–water partition coefficient (Wildman–Crippen LogP) is 3.01. The van der Waals surface area contributed by atoms with Gasteiger partial charge in [-0.15, -0.1) is 24.0 Å². The third kappa shape index (κ3) is 7.82. The van der Waals surface area contributed by atoms with Crippen molar-refractivity contribution in [1.29, 1.82) is 0 Å². The summed E-state index contributed by atoms with van der Waals surface area (Å²) in [5.41, 5.74) is 0.834. The Bertz CT molecular complexity index is 619. The first-order chi connectivity index (χ1) is 12.7. The van der Waals surface area contributed by atoms with E-state index >= 15 is 0 Å². The van der Waals surface area contributed by atoms with E-state index in [0.29, 0.717) is 42.9 Å². The Morgan fingerprint density at radius 2 is 1.78 bits per heavy atom. The van der Waals surface area contributed by atoms with Gasteiger partial charge in [-0.2, -0.15) is 0 Å². The van der Waals surface area contributed by atoms with Crippen LogP contribution in [0.5, 0.6) is 11.5 Å². The van der Waals surface area contributed by atoms with Crippen molar-refractivity contribution in [3.05, 3.63) is 18.2 Å². The van der Waals surface area contributed by atoms with Gasteiger partial charge >= 0.3 is 0 Å². The summed E-state index contributed by atoms with van der Waals surface area (Å²) in [6.45, 7) is 1.17. The molecule has 1 saturated carbocycles. The van der Waals surface area contributed by atoms with E-state index in [4.69, 9.17) is 9.47 Å². The van der Waals surface area contributed by atoms with Gasteiger partial charge in [-0.05, 0) is 30.9 Å². The van der Waals surface area contributed by atoms with Crippen molar-refractivity contribution in [3.63, 3.8) is 0 Å². The number of methoxy groups -OCH3 is 2. The van der Waals surface area contributed by atoms with Crippen LogP contribution >= 0.6 is 24.0 Å². The van der Waals surface area contributed by atoms with Gasteiger partial charge in [0.2, 0.25) is 5.91 Å². The number of benzene rings is 1. The molecule has 7 nitrogen and oxygen atoms in total. The lowest BCUT2D eigenvalue weighted by Gasteiger charge is -2.14. The number of carbonyl (C=O) groups excluding carboxylic acids is 1. The summed E-state index contributed by atoms with van der Waals surface area (Å²) in [6.07, 6.45) is 5.55. The molecule has 1 aromatic rings. The number of hydrogen-bond acceptors (Lipinski definition) is 4. The first-order valence-corrected chi connectivity index (χ1v) is 9.12. The quantitative estimate of drug-likeness (QED) is 0.226. The van der Waals surface area contributed by atoms with Crippen LogP contribution in [-0.2, 0) is 4.79 Å². The molecule has 1 aliphatic carbocycles. The summed E-state index contributed by atoms with van der Waals surface area (Å²) in [4.78, 5) is 16.1. The normalized spacial score (nSPS) is 14.3. The lowest BCUT2D eigenvalue weighted by Crippen LogP contribution is -2.38. The zero-order chi connectivity index (χ0) is 18.8. The van der Waals surface area contributed by atoms with Gasteiger partial charge in [0.1, 0.15) is 0 Å². The second kappa shape index (κ2) is 12.6. The maximum absolute atomic E-state index is 11.9. The maximum Gasteiger partial charge on any atom is 0.220 e. The molecule has 0 bridgehead atoms. The number of rotatable bonds is 8. The van der Waals surface area contributed by atoms with Crippen LogP contribution in [-0.4, -0.2) is 46.2 Å². The van der Waals surface area contributed by atoms with Gasteiger partial charge in [0.05, 0.1) is 14.2 Å². The second-order valence-corrected chi connectivity index (χ2v) is 6.40. The number of nitrogens with one attached hydrogen (secondary N) is 3. The zero-order valence-electron chi connectivity index (χ0n) is 16.3. The van der Waals surface area contributed by atoms with Gasteiger partial charge in [-0.3, -0.25) is 9.79 Å². The highest BCUT2D eigenvalue weighted by molar-refractivity contribution is 14.0. The molecule has 0 aromatic heterocycles. The number of aliphatic imine (C=N–C) groups is 1. The Morgan fingerprint density at radius 3 is 2.41 bits per heavy atom. The van der Waals surface area contributed by atoms with Crippen molar-refractivity contribution in [2.75, 3.05) is 39.7 Å². The molecule has 0 aliphatic heterocycles. The highest BCUT2D eigenvalue weighted by atomic mass is 127. The summed E-state index contributed by atoms with van der Waals surface area (Å²) < 4.78 is 10.5. The summed E-state index contributed by atoms with van der Waals surface area (Å²) in [5.74, 6) is 2.66. The smallest absolute Gasteiger partial charge is 0.220 e. The topological polar surface area (TPSA) is 84.0 Å². The summed E-state index contributed by atoms with van der Waals surface area (Å²) in [6, 6.07) is 5.56. The number of carbonyl (C=O) groups is 1. The molecule has 0 unspecified atom stereocenters. The standard InChI is InChI=1S/C19H30N4O3.HI/c1-20-19(23-15-8-9-16(25-2)17(13-15)26-3)22-11-10-21-18(24)12-14-6-4-5-7-14;/h8-9,13-14H,4-7,10-12H2,1-3H3,(H,21,24)(H2,20,22,23);1H. The number of hydrogen-bond donors (Lipinski definition) is 3. The number of guanidine groups is 1. The van der Waals surface area contributed by atoms with E-state index in [9.17, 15) is 4.79 Å². The molecule has 0 radical (unpaired) electrons. The number of amides is 1. The van der Waals surface area contributed by atoms with Crippen LogP contribution in [0.4, 0.5) is 5.69 Å². The van der Waals surface area contributed by atoms with Gasteiger partial charge in [0.15, 0.2) is 17.5 Å². The average Bonchev–Trinajstić information content (AvgIpc) is 3.16. The van der Waals surface area contributed by atoms with Gasteiger partial charge in [-0.25, -0.2) is 0 Å². The van der Waals surface area contributed by atoms with Gasteiger partial charge < -0.3 is 25.4 Å². The molecule has 3 N–H and O–H groups in total. The molecule has 2 rings (SSSR count). The molecule has 152 valence electrons. The van der Waals surface area contributed by atoms with Crippen LogP contribution < -0.4 is 25.4 Å². The number of ether oxygens (including phenoxy) is 2. The molecule has 0 spiro atoms.